The zero-order chi connectivity index (χ0) is 7.40. The van der Waals surface area contributed by atoms with Gasteiger partial charge in [0.25, 0.3) is 0 Å². The van der Waals surface area contributed by atoms with Crippen LogP contribution in [0.3, 0.4) is 0 Å². The number of rotatable bonds is 0. The van der Waals surface area contributed by atoms with Gasteiger partial charge in [0.05, 0.1) is 0 Å². The molecular weight excluding hydrogens is 164 g/mol. The normalized spacial score (nSPS) is 19.4. The summed E-state index contributed by atoms with van der Waals surface area (Å²) >= 11 is 0. The molecule has 1 aliphatic rings. The third-order valence-corrected chi connectivity index (χ3v) is 1.67. The molecule has 1 saturated heterocycles. The molecule has 0 unspecified atom stereocenters. The van der Waals surface area contributed by atoms with Crippen LogP contribution in [-0.4, -0.2) is 44.1 Å². The second-order valence-electron chi connectivity index (χ2n) is 2.32. The van der Waals surface area contributed by atoms with Crippen LogP contribution in [0.15, 0.2) is 4.99 Å². The van der Waals surface area contributed by atoms with Gasteiger partial charge in [-0.3, -0.25) is 4.99 Å². The van der Waals surface area contributed by atoms with E-state index in [1.165, 1.54) is 0 Å². The lowest BCUT2D eigenvalue weighted by molar-refractivity contribution is 0.354. The Morgan fingerprint density at radius 2 is 2.00 bits per heavy atom. The molecule has 1 aliphatic heterocycles. The first-order valence-electron chi connectivity index (χ1n) is 3.52. The van der Waals surface area contributed by atoms with Crippen LogP contribution in [0.25, 0.3) is 0 Å². The molecule has 0 atom stereocenters. The third kappa shape index (κ3) is 2.95. The Bertz CT molecular complexity index is 131. The van der Waals surface area contributed by atoms with E-state index in [9.17, 15) is 0 Å². The molecular formula is C6H15ClN4. The van der Waals surface area contributed by atoms with Crippen molar-refractivity contribution in [3.8, 4) is 0 Å². The minimum atomic E-state index is 0. The summed E-state index contributed by atoms with van der Waals surface area (Å²) in [6, 6.07) is 0. The average Bonchev–Trinajstić information content (AvgIpc) is 2.05. The van der Waals surface area contributed by atoms with Crippen LogP contribution in [0, 0.1) is 0 Å². The number of hydrogen-bond acceptors (Lipinski definition) is 2. The molecule has 1 rings (SSSR count). The molecule has 0 aromatic rings. The Hall–Kier alpha value is -0.480. The SMILES string of the molecule is CN=C(N)N1CCNCC1.Cl. The minimum Gasteiger partial charge on any atom is -0.370 e. The first-order valence-corrected chi connectivity index (χ1v) is 3.52. The van der Waals surface area contributed by atoms with Gasteiger partial charge < -0.3 is 16.0 Å². The summed E-state index contributed by atoms with van der Waals surface area (Å²) in [5.41, 5.74) is 5.60. The summed E-state index contributed by atoms with van der Waals surface area (Å²) in [7, 11) is 1.72. The maximum atomic E-state index is 5.60. The Morgan fingerprint density at radius 1 is 1.45 bits per heavy atom. The van der Waals surface area contributed by atoms with Gasteiger partial charge in [-0.15, -0.1) is 12.4 Å². The Kier molecular flexibility index (Phi) is 4.98. The van der Waals surface area contributed by atoms with Crippen LogP contribution in [-0.2, 0) is 0 Å². The number of hydrogen-bond donors (Lipinski definition) is 2. The van der Waals surface area contributed by atoms with Gasteiger partial charge >= 0.3 is 0 Å². The molecule has 0 aromatic heterocycles. The van der Waals surface area contributed by atoms with Crippen molar-refractivity contribution < 1.29 is 0 Å². The van der Waals surface area contributed by atoms with Crippen molar-refractivity contribution in [2.24, 2.45) is 10.7 Å². The average molecular weight is 179 g/mol. The molecule has 0 bridgehead atoms. The highest BCUT2D eigenvalue weighted by atomic mass is 35.5. The highest BCUT2D eigenvalue weighted by molar-refractivity contribution is 5.85. The minimum absolute atomic E-state index is 0. The summed E-state index contributed by atoms with van der Waals surface area (Å²) in [5.74, 6) is 0.654. The number of aliphatic imine (C=N–C) groups is 1. The summed E-state index contributed by atoms with van der Waals surface area (Å²) in [4.78, 5) is 5.98. The molecule has 0 amide bonds. The van der Waals surface area contributed by atoms with E-state index in [1.54, 1.807) is 7.05 Å². The van der Waals surface area contributed by atoms with Gasteiger partial charge in [-0.25, -0.2) is 0 Å². The monoisotopic (exact) mass is 178 g/mol. The maximum Gasteiger partial charge on any atom is 0.191 e. The smallest absolute Gasteiger partial charge is 0.191 e. The highest BCUT2D eigenvalue weighted by Gasteiger charge is 2.09. The van der Waals surface area contributed by atoms with Crippen molar-refractivity contribution in [1.29, 1.82) is 0 Å². The predicted molar refractivity (Wildman–Crippen MR) is 49.2 cm³/mol. The molecule has 11 heavy (non-hydrogen) atoms. The van der Waals surface area contributed by atoms with Crippen molar-refractivity contribution in [3.05, 3.63) is 0 Å². The first-order chi connectivity index (χ1) is 4.84. The molecule has 66 valence electrons. The second kappa shape index (κ2) is 5.21. The Labute approximate surface area is 73.3 Å². The lowest BCUT2D eigenvalue weighted by Gasteiger charge is -2.27. The standard InChI is InChI=1S/C6H14N4.ClH/c1-8-6(7)10-4-2-9-3-5-10;/h9H,2-5H2,1H3,(H2,7,8);1H. The fraction of sp³-hybridized carbons (Fsp3) is 0.833. The zero-order valence-corrected chi connectivity index (χ0v) is 7.52. The number of piperazine rings is 1. The first kappa shape index (κ1) is 10.5. The summed E-state index contributed by atoms with van der Waals surface area (Å²) in [6.07, 6.45) is 0. The number of halogens is 1. The molecule has 0 saturated carbocycles. The van der Waals surface area contributed by atoms with Crippen LogP contribution in [0.2, 0.25) is 0 Å². The molecule has 0 spiro atoms. The van der Waals surface area contributed by atoms with E-state index in [0.717, 1.165) is 26.2 Å². The van der Waals surface area contributed by atoms with Gasteiger partial charge in [0.1, 0.15) is 0 Å². The molecule has 4 nitrogen and oxygen atoms in total. The van der Waals surface area contributed by atoms with Gasteiger partial charge in [0.15, 0.2) is 5.96 Å². The van der Waals surface area contributed by atoms with Crippen LogP contribution in [0.5, 0.6) is 0 Å². The Balaban J connectivity index is 0.000001000. The van der Waals surface area contributed by atoms with Crippen molar-refractivity contribution in [3.63, 3.8) is 0 Å². The van der Waals surface area contributed by atoms with E-state index in [2.05, 4.69) is 15.2 Å². The fourth-order valence-corrected chi connectivity index (χ4v) is 1.04. The zero-order valence-electron chi connectivity index (χ0n) is 6.71. The lowest BCUT2D eigenvalue weighted by atomic mass is 10.4. The van der Waals surface area contributed by atoms with E-state index in [1.807, 2.05) is 0 Å². The van der Waals surface area contributed by atoms with E-state index in [-0.39, 0.29) is 12.4 Å². The van der Waals surface area contributed by atoms with Gasteiger partial charge in [0.2, 0.25) is 0 Å². The van der Waals surface area contributed by atoms with Crippen molar-refractivity contribution >= 4 is 18.4 Å². The fourth-order valence-electron chi connectivity index (χ4n) is 1.04. The van der Waals surface area contributed by atoms with Gasteiger partial charge in [-0.05, 0) is 0 Å². The largest absolute Gasteiger partial charge is 0.370 e. The molecule has 0 radical (unpaired) electrons. The lowest BCUT2D eigenvalue weighted by Crippen LogP contribution is -2.49. The topological polar surface area (TPSA) is 53.6 Å². The van der Waals surface area contributed by atoms with Crippen LogP contribution in [0.1, 0.15) is 0 Å². The van der Waals surface area contributed by atoms with Crippen LogP contribution < -0.4 is 11.1 Å². The molecule has 0 aromatic carbocycles. The van der Waals surface area contributed by atoms with E-state index in [0.29, 0.717) is 5.96 Å². The van der Waals surface area contributed by atoms with E-state index < -0.39 is 0 Å². The molecule has 0 aliphatic carbocycles. The van der Waals surface area contributed by atoms with Crippen LogP contribution in [0.4, 0.5) is 0 Å². The second-order valence-corrected chi connectivity index (χ2v) is 2.32. The van der Waals surface area contributed by atoms with Gasteiger partial charge in [-0.2, -0.15) is 0 Å². The predicted octanol–water partition coefficient (Wildman–Crippen LogP) is -0.742. The maximum absolute atomic E-state index is 5.60. The van der Waals surface area contributed by atoms with Crippen molar-refractivity contribution in [1.82, 2.24) is 10.2 Å². The van der Waals surface area contributed by atoms with E-state index in [4.69, 9.17) is 5.73 Å². The highest BCUT2D eigenvalue weighted by Crippen LogP contribution is 1.89. The molecule has 1 fully saturated rings. The number of nitrogens with zero attached hydrogens (tertiary/aromatic N) is 2. The molecule has 5 heteroatoms. The molecule has 1 heterocycles. The van der Waals surface area contributed by atoms with Crippen LogP contribution >= 0.6 is 12.4 Å². The number of nitrogens with two attached hydrogens (primary N) is 1. The van der Waals surface area contributed by atoms with Crippen molar-refractivity contribution in [2.45, 2.75) is 0 Å². The summed E-state index contributed by atoms with van der Waals surface area (Å²) in [6.45, 7) is 3.97. The summed E-state index contributed by atoms with van der Waals surface area (Å²) < 4.78 is 0. The van der Waals surface area contributed by atoms with Gasteiger partial charge in [0, 0.05) is 33.2 Å². The third-order valence-electron chi connectivity index (χ3n) is 1.67. The number of nitrogens with one attached hydrogen (secondary N) is 1. The van der Waals surface area contributed by atoms with E-state index >= 15 is 0 Å². The quantitative estimate of drug-likeness (QED) is 0.380. The van der Waals surface area contributed by atoms with Gasteiger partial charge in [-0.1, -0.05) is 0 Å². The molecule has 3 N–H and O–H groups in total. The Morgan fingerprint density at radius 3 is 2.45 bits per heavy atom. The summed E-state index contributed by atoms with van der Waals surface area (Å²) in [5, 5.41) is 3.24. The number of guanidine groups is 1. The van der Waals surface area contributed by atoms with Crippen molar-refractivity contribution in [2.75, 3.05) is 33.2 Å².